The molecule has 3 atom stereocenters. The van der Waals surface area contributed by atoms with Crippen LogP contribution >= 0.6 is 0 Å². The van der Waals surface area contributed by atoms with Gasteiger partial charge in [0.05, 0.1) is 0 Å². The van der Waals surface area contributed by atoms with Gasteiger partial charge in [0, 0.05) is 25.4 Å². The molecule has 1 fully saturated rings. The van der Waals surface area contributed by atoms with Crippen molar-refractivity contribution in [2.45, 2.75) is 51.9 Å². The predicted octanol–water partition coefficient (Wildman–Crippen LogP) is 5.79. The molecule has 3 unspecified atom stereocenters. The first kappa shape index (κ1) is 22.2. The highest BCUT2D eigenvalue weighted by atomic mass is 15.1. The van der Waals surface area contributed by atoms with Gasteiger partial charge in [0.15, 0.2) is 0 Å². The second kappa shape index (κ2) is 8.80. The zero-order chi connectivity index (χ0) is 24.2. The van der Waals surface area contributed by atoms with Gasteiger partial charge in [-0.05, 0) is 117 Å². The van der Waals surface area contributed by atoms with Crippen LogP contribution < -0.4 is 10.4 Å². The Kier molecular flexibility index (Phi) is 5.42. The summed E-state index contributed by atoms with van der Waals surface area (Å²) in [5, 5.41) is 5.78. The van der Waals surface area contributed by atoms with Gasteiger partial charge in [0.25, 0.3) is 0 Å². The van der Waals surface area contributed by atoms with Gasteiger partial charge >= 0.3 is 0 Å². The maximum Gasteiger partial charge on any atom is 0.0210 e. The molecule has 1 radical (unpaired) electrons. The summed E-state index contributed by atoms with van der Waals surface area (Å²) >= 11 is 0. The summed E-state index contributed by atoms with van der Waals surface area (Å²) in [6, 6.07) is 23.9. The number of hydrogen-bond acceptors (Lipinski definition) is 1. The van der Waals surface area contributed by atoms with Gasteiger partial charge in [-0.3, -0.25) is 0 Å². The largest absolute Gasteiger partial charge is 0.380 e. The number of nitrogens with zero attached hydrogens (tertiary/aromatic N) is 1. The Labute approximate surface area is 215 Å². The maximum atomic E-state index is 3.41. The second-order valence-corrected chi connectivity index (χ2v) is 11.8. The Morgan fingerprint density at radius 1 is 0.889 bits per heavy atom. The molecule has 1 aliphatic heterocycles. The van der Waals surface area contributed by atoms with Gasteiger partial charge in [-0.25, -0.2) is 0 Å². The Hall–Kier alpha value is -3.06. The highest BCUT2D eigenvalue weighted by Gasteiger charge is 2.34. The summed E-state index contributed by atoms with van der Waals surface area (Å²) in [5.74, 6) is 2.47. The van der Waals surface area contributed by atoms with Crippen LogP contribution in [0.25, 0.3) is 17.2 Å². The topological polar surface area (TPSA) is 3.24 Å². The standard InChI is InChI=1S/C35H36N/c1-23-11-12-26(19-23)27-20-33-31-14-13-24-7-3-5-9-28(24)30(31)15-16-32(33)34(21-27)35-22-36(2)18-17-25-8-4-6-10-29(25)35/h3-5,7-10,13,15-16,22-23,26-27H,11-12,14,17-21H2,1-2H3. The van der Waals surface area contributed by atoms with Crippen LogP contribution in [0.4, 0.5) is 0 Å². The maximum absolute atomic E-state index is 3.41. The minimum absolute atomic E-state index is 0.742. The fourth-order valence-corrected chi connectivity index (χ4v) is 7.62. The van der Waals surface area contributed by atoms with Crippen LogP contribution in [0, 0.1) is 34.3 Å². The van der Waals surface area contributed by atoms with Crippen molar-refractivity contribution in [2.24, 2.45) is 17.8 Å². The van der Waals surface area contributed by atoms with Crippen LogP contribution in [0.15, 0.2) is 60.8 Å². The summed E-state index contributed by atoms with van der Waals surface area (Å²) in [4.78, 5) is 2.41. The first-order valence-corrected chi connectivity index (χ1v) is 14.0. The molecular weight excluding hydrogens is 434 g/mol. The molecule has 0 N–H and O–H groups in total. The van der Waals surface area contributed by atoms with Crippen LogP contribution in [0.1, 0.15) is 54.9 Å². The lowest BCUT2D eigenvalue weighted by atomic mass is 9.72. The van der Waals surface area contributed by atoms with Gasteiger partial charge in [-0.1, -0.05) is 68.0 Å². The van der Waals surface area contributed by atoms with E-state index in [0.717, 1.165) is 37.1 Å². The molecule has 181 valence electrons. The molecule has 0 spiro atoms. The van der Waals surface area contributed by atoms with Crippen molar-refractivity contribution in [3.8, 4) is 0 Å². The summed E-state index contributed by atoms with van der Waals surface area (Å²) in [6.45, 7) is 3.53. The lowest BCUT2D eigenvalue weighted by Crippen LogP contribution is -2.30. The average Bonchev–Trinajstić information content (AvgIpc) is 3.28. The Bertz CT molecular complexity index is 1590. The number of benzene rings is 3. The number of hydrogen-bond donors (Lipinski definition) is 0. The first-order chi connectivity index (χ1) is 17.7. The van der Waals surface area contributed by atoms with Crippen LogP contribution in [0.2, 0.25) is 0 Å². The van der Waals surface area contributed by atoms with E-state index in [9.17, 15) is 0 Å². The molecule has 1 heteroatoms. The smallest absolute Gasteiger partial charge is 0.0210 e. The minimum atomic E-state index is 0.742. The van der Waals surface area contributed by atoms with E-state index in [1.807, 2.05) is 0 Å². The highest BCUT2D eigenvalue weighted by Crippen LogP contribution is 2.44. The van der Waals surface area contributed by atoms with E-state index in [0.29, 0.717) is 0 Å². The van der Waals surface area contributed by atoms with E-state index in [1.54, 1.807) is 16.7 Å². The molecule has 4 aliphatic rings. The first-order valence-electron chi connectivity index (χ1n) is 14.0. The molecule has 3 aromatic rings. The minimum Gasteiger partial charge on any atom is -0.380 e. The van der Waals surface area contributed by atoms with Crippen molar-refractivity contribution in [3.05, 3.63) is 110 Å². The average molecular weight is 471 g/mol. The normalized spacial score (nSPS) is 24.6. The molecule has 36 heavy (non-hydrogen) atoms. The van der Waals surface area contributed by atoms with Crippen molar-refractivity contribution < 1.29 is 0 Å². The van der Waals surface area contributed by atoms with Gasteiger partial charge in [-0.2, -0.15) is 0 Å². The van der Waals surface area contributed by atoms with Crippen LogP contribution in [-0.4, -0.2) is 18.5 Å². The molecule has 7 rings (SSSR count). The monoisotopic (exact) mass is 470 g/mol. The molecule has 0 aromatic heterocycles. The van der Waals surface area contributed by atoms with Gasteiger partial charge in [-0.15, -0.1) is 0 Å². The summed E-state index contributed by atoms with van der Waals surface area (Å²) in [5.41, 5.74) is 9.12. The third kappa shape index (κ3) is 3.67. The highest BCUT2D eigenvalue weighted by molar-refractivity contribution is 5.99. The zero-order valence-corrected chi connectivity index (χ0v) is 21.7. The van der Waals surface area contributed by atoms with Gasteiger partial charge < -0.3 is 4.90 Å². The van der Waals surface area contributed by atoms with Crippen molar-refractivity contribution in [1.29, 1.82) is 0 Å². The third-order valence-electron chi connectivity index (χ3n) is 9.52. The van der Waals surface area contributed by atoms with Crippen molar-refractivity contribution in [2.75, 3.05) is 13.6 Å². The number of fused-ring (bicyclic) bond motifs is 5. The number of rotatable bonds is 2. The zero-order valence-electron chi connectivity index (χ0n) is 21.7. The third-order valence-corrected chi connectivity index (χ3v) is 9.52. The molecule has 0 amide bonds. The molecule has 3 aliphatic carbocycles. The molecular formula is C35H36N. The number of allylic oxidation sites excluding steroid dienone is 1. The molecule has 1 nitrogen and oxygen atoms in total. The van der Waals surface area contributed by atoms with E-state index >= 15 is 0 Å². The summed E-state index contributed by atoms with van der Waals surface area (Å²) in [6.07, 6.45) is 13.7. The predicted molar refractivity (Wildman–Crippen MR) is 149 cm³/mol. The van der Waals surface area contributed by atoms with Crippen molar-refractivity contribution in [1.82, 2.24) is 4.90 Å². The van der Waals surface area contributed by atoms with Gasteiger partial charge in [0.2, 0.25) is 0 Å². The molecule has 1 heterocycles. The quantitative estimate of drug-likeness (QED) is 0.458. The van der Waals surface area contributed by atoms with Crippen LogP contribution in [0.3, 0.4) is 0 Å². The van der Waals surface area contributed by atoms with Crippen LogP contribution in [-0.2, 0) is 19.3 Å². The van der Waals surface area contributed by atoms with E-state index in [2.05, 4.69) is 91.8 Å². The molecule has 0 saturated heterocycles. The second-order valence-electron chi connectivity index (χ2n) is 11.8. The SMILES string of the molecule is CC1CCC(C2CC(C3=CN(C)CCc4cc[c]cc43)=c3ccc4c(c3C2)CC=c2ccccc2=4)C1. The fraction of sp³-hybridized carbons (Fsp3) is 0.371. The summed E-state index contributed by atoms with van der Waals surface area (Å²) in [7, 11) is 2.24. The van der Waals surface area contributed by atoms with Crippen LogP contribution in [0.5, 0.6) is 0 Å². The number of likely N-dealkylation sites (N-methyl/N-ethyl adjacent to an activating group) is 1. The van der Waals surface area contributed by atoms with E-state index in [4.69, 9.17) is 0 Å². The van der Waals surface area contributed by atoms with E-state index < -0.39 is 0 Å². The molecule has 0 bridgehead atoms. The van der Waals surface area contributed by atoms with E-state index in [1.165, 1.54) is 69.7 Å². The van der Waals surface area contributed by atoms with Crippen molar-refractivity contribution >= 4 is 17.2 Å². The van der Waals surface area contributed by atoms with Gasteiger partial charge in [0.1, 0.15) is 0 Å². The summed E-state index contributed by atoms with van der Waals surface area (Å²) < 4.78 is 0. The Morgan fingerprint density at radius 3 is 2.67 bits per heavy atom. The fourth-order valence-electron chi connectivity index (χ4n) is 7.62. The Morgan fingerprint density at radius 2 is 1.78 bits per heavy atom. The van der Waals surface area contributed by atoms with Crippen molar-refractivity contribution in [3.63, 3.8) is 0 Å². The van der Waals surface area contributed by atoms with E-state index in [-0.39, 0.29) is 0 Å². The molecule has 3 aromatic carbocycles. The Balaban J connectivity index is 1.50. The lowest BCUT2D eigenvalue weighted by molar-refractivity contribution is 0.329. The lowest BCUT2D eigenvalue weighted by Gasteiger charge is -2.32. The molecule has 1 saturated carbocycles.